The highest BCUT2D eigenvalue weighted by atomic mass is 16.2. The molecule has 142 valence electrons. The maximum atomic E-state index is 13.2. The van der Waals surface area contributed by atoms with Crippen molar-refractivity contribution in [2.45, 2.75) is 32.4 Å². The fourth-order valence-electron chi connectivity index (χ4n) is 3.68. The van der Waals surface area contributed by atoms with Gasteiger partial charge in [0.15, 0.2) is 0 Å². The number of carbonyl (C=O) groups is 1. The number of carbonyl (C=O) groups excluding carboxylic acids is 1. The van der Waals surface area contributed by atoms with Gasteiger partial charge in [-0.05, 0) is 37.0 Å². The van der Waals surface area contributed by atoms with Crippen LogP contribution >= 0.6 is 0 Å². The van der Waals surface area contributed by atoms with E-state index < -0.39 is 0 Å². The van der Waals surface area contributed by atoms with Crippen molar-refractivity contribution in [3.8, 4) is 0 Å². The molecule has 0 saturated carbocycles. The molecular weight excluding hydrogens is 350 g/mol. The first-order valence-electron chi connectivity index (χ1n) is 9.66. The van der Waals surface area contributed by atoms with E-state index in [9.17, 15) is 9.59 Å². The van der Waals surface area contributed by atoms with Crippen molar-refractivity contribution in [2.24, 2.45) is 5.92 Å². The van der Waals surface area contributed by atoms with Gasteiger partial charge in [-0.3, -0.25) is 9.59 Å². The van der Waals surface area contributed by atoms with Crippen molar-refractivity contribution in [3.05, 3.63) is 88.5 Å². The zero-order valence-electron chi connectivity index (χ0n) is 15.7. The number of hydrogen-bond donors (Lipinski definition) is 1. The molecule has 1 N–H and O–H groups in total. The van der Waals surface area contributed by atoms with Gasteiger partial charge in [0.2, 0.25) is 5.91 Å². The molecule has 5 heteroatoms. The number of aromatic nitrogens is 2. The molecule has 0 saturated heterocycles. The number of fused-ring (bicyclic) bond motifs is 1. The maximum absolute atomic E-state index is 13.2. The third-order valence-corrected chi connectivity index (χ3v) is 5.15. The van der Waals surface area contributed by atoms with Crippen LogP contribution in [0.25, 0.3) is 10.9 Å². The van der Waals surface area contributed by atoms with Crippen LogP contribution in [0.1, 0.15) is 30.7 Å². The van der Waals surface area contributed by atoms with Crippen molar-refractivity contribution >= 4 is 16.8 Å². The number of nitrogens with zero attached hydrogens (tertiary/aromatic N) is 2. The number of hydrogen-bond acceptors (Lipinski definition) is 3. The van der Waals surface area contributed by atoms with Crippen molar-refractivity contribution in [1.82, 2.24) is 14.9 Å². The summed E-state index contributed by atoms with van der Waals surface area (Å²) >= 11 is 0. The van der Waals surface area contributed by atoms with Crippen molar-refractivity contribution in [2.75, 3.05) is 0 Å². The summed E-state index contributed by atoms with van der Waals surface area (Å²) < 4.78 is 0. The third kappa shape index (κ3) is 4.03. The van der Waals surface area contributed by atoms with Gasteiger partial charge in [0.1, 0.15) is 5.82 Å². The summed E-state index contributed by atoms with van der Waals surface area (Å²) in [5.41, 5.74) is 1.53. The number of allylic oxidation sites excluding steroid dienone is 2. The average Bonchev–Trinajstić information content (AvgIpc) is 2.74. The van der Waals surface area contributed by atoms with Gasteiger partial charge < -0.3 is 9.88 Å². The number of H-pyrrole nitrogens is 1. The summed E-state index contributed by atoms with van der Waals surface area (Å²) in [7, 11) is 0. The molecule has 5 nitrogen and oxygen atoms in total. The van der Waals surface area contributed by atoms with Crippen LogP contribution in [0.4, 0.5) is 0 Å². The van der Waals surface area contributed by atoms with E-state index in [1.165, 1.54) is 0 Å². The first-order valence-corrected chi connectivity index (χ1v) is 9.66. The van der Waals surface area contributed by atoms with Crippen molar-refractivity contribution in [1.29, 1.82) is 0 Å². The van der Waals surface area contributed by atoms with Crippen LogP contribution in [0.15, 0.2) is 71.5 Å². The second-order valence-electron chi connectivity index (χ2n) is 7.19. The Labute approximate surface area is 163 Å². The number of benzene rings is 2. The zero-order chi connectivity index (χ0) is 19.3. The summed E-state index contributed by atoms with van der Waals surface area (Å²) in [6.07, 6.45) is 6.78. The highest BCUT2D eigenvalue weighted by Gasteiger charge is 2.25. The second kappa shape index (κ2) is 8.21. The third-order valence-electron chi connectivity index (χ3n) is 5.15. The van der Waals surface area contributed by atoms with E-state index in [1.807, 2.05) is 53.4 Å². The van der Waals surface area contributed by atoms with Gasteiger partial charge in [0.05, 0.1) is 17.4 Å². The summed E-state index contributed by atoms with van der Waals surface area (Å²) in [5.74, 6) is 0.615. The molecule has 1 aromatic heterocycles. The molecule has 28 heavy (non-hydrogen) atoms. The Kier molecular flexibility index (Phi) is 5.33. The molecule has 0 bridgehead atoms. The lowest BCUT2D eigenvalue weighted by molar-refractivity contribution is -0.137. The SMILES string of the molecule is O=C(C1CC=CCC1)N(Cc1ccccc1)Cc1nc2ccccc2c(=O)[nH]1. The minimum absolute atomic E-state index is 0.0131. The van der Waals surface area contributed by atoms with E-state index in [0.717, 1.165) is 24.8 Å². The Morgan fingerprint density at radius 1 is 1.04 bits per heavy atom. The van der Waals surface area contributed by atoms with Crippen LogP contribution in [-0.4, -0.2) is 20.8 Å². The van der Waals surface area contributed by atoms with Gasteiger partial charge in [-0.15, -0.1) is 0 Å². The van der Waals surface area contributed by atoms with E-state index in [-0.39, 0.29) is 23.9 Å². The molecule has 1 heterocycles. The van der Waals surface area contributed by atoms with Crippen LogP contribution in [0.5, 0.6) is 0 Å². The molecule has 1 aliphatic rings. The Balaban J connectivity index is 1.64. The standard InChI is InChI=1S/C23H23N3O2/c27-22-19-13-7-8-14-20(19)24-21(25-22)16-26(15-17-9-3-1-4-10-17)23(28)18-11-5-2-6-12-18/h1-5,7-10,13-14,18H,6,11-12,15-16H2,(H,24,25,27). The van der Waals surface area contributed by atoms with Gasteiger partial charge in [-0.2, -0.15) is 0 Å². The number of amides is 1. The van der Waals surface area contributed by atoms with Gasteiger partial charge in [-0.25, -0.2) is 4.98 Å². The number of para-hydroxylation sites is 1. The Hall–Kier alpha value is -3.21. The largest absolute Gasteiger partial charge is 0.331 e. The van der Waals surface area contributed by atoms with Crippen LogP contribution in [0, 0.1) is 5.92 Å². The predicted octanol–water partition coefficient (Wildman–Crippen LogP) is 3.81. The topological polar surface area (TPSA) is 66.1 Å². The maximum Gasteiger partial charge on any atom is 0.258 e. The van der Waals surface area contributed by atoms with Crippen LogP contribution < -0.4 is 5.56 Å². The lowest BCUT2D eigenvalue weighted by Gasteiger charge is -2.28. The number of aromatic amines is 1. The monoisotopic (exact) mass is 373 g/mol. The Morgan fingerprint density at radius 2 is 1.82 bits per heavy atom. The predicted molar refractivity (Wildman–Crippen MR) is 110 cm³/mol. The molecule has 4 rings (SSSR count). The molecule has 1 amide bonds. The molecular formula is C23H23N3O2. The van der Waals surface area contributed by atoms with Crippen molar-refractivity contribution < 1.29 is 4.79 Å². The van der Waals surface area contributed by atoms with Crippen LogP contribution in [-0.2, 0) is 17.9 Å². The fourth-order valence-corrected chi connectivity index (χ4v) is 3.68. The summed E-state index contributed by atoms with van der Waals surface area (Å²) in [6.45, 7) is 0.782. The first-order chi connectivity index (χ1) is 13.7. The highest BCUT2D eigenvalue weighted by Crippen LogP contribution is 2.22. The summed E-state index contributed by atoms with van der Waals surface area (Å²) in [5, 5.41) is 0.560. The van der Waals surface area contributed by atoms with Gasteiger partial charge in [0.25, 0.3) is 5.56 Å². The Bertz CT molecular complexity index is 1060. The normalized spacial score (nSPS) is 16.2. The molecule has 0 radical (unpaired) electrons. The van der Waals surface area contributed by atoms with E-state index in [0.29, 0.717) is 23.3 Å². The highest BCUT2D eigenvalue weighted by molar-refractivity contribution is 5.79. The molecule has 1 aliphatic carbocycles. The van der Waals surface area contributed by atoms with Gasteiger partial charge in [0, 0.05) is 12.5 Å². The smallest absolute Gasteiger partial charge is 0.258 e. The van der Waals surface area contributed by atoms with E-state index in [2.05, 4.69) is 22.1 Å². The minimum Gasteiger partial charge on any atom is -0.331 e. The van der Waals surface area contributed by atoms with Crippen LogP contribution in [0.2, 0.25) is 0 Å². The number of nitrogens with one attached hydrogen (secondary N) is 1. The first kappa shape index (κ1) is 18.2. The average molecular weight is 373 g/mol. The summed E-state index contributed by atoms with van der Waals surface area (Å²) in [4.78, 5) is 34.9. The van der Waals surface area contributed by atoms with E-state index in [1.54, 1.807) is 6.07 Å². The molecule has 3 aromatic rings. The molecule has 0 fully saturated rings. The quantitative estimate of drug-likeness (QED) is 0.692. The summed E-state index contributed by atoms with van der Waals surface area (Å²) in [6, 6.07) is 17.2. The van der Waals surface area contributed by atoms with E-state index >= 15 is 0 Å². The number of rotatable bonds is 5. The lowest BCUT2D eigenvalue weighted by atomic mass is 9.93. The van der Waals surface area contributed by atoms with E-state index in [4.69, 9.17) is 0 Å². The zero-order valence-corrected chi connectivity index (χ0v) is 15.7. The molecule has 0 aliphatic heterocycles. The fraction of sp³-hybridized carbons (Fsp3) is 0.261. The molecule has 2 aromatic carbocycles. The minimum atomic E-state index is -0.173. The Morgan fingerprint density at radius 3 is 2.61 bits per heavy atom. The van der Waals surface area contributed by atoms with Crippen molar-refractivity contribution in [3.63, 3.8) is 0 Å². The molecule has 1 unspecified atom stereocenters. The van der Waals surface area contributed by atoms with Gasteiger partial charge in [-0.1, -0.05) is 54.6 Å². The molecule has 0 spiro atoms. The lowest BCUT2D eigenvalue weighted by Crippen LogP contribution is -2.36. The molecule has 1 atom stereocenters. The van der Waals surface area contributed by atoms with Crippen LogP contribution in [0.3, 0.4) is 0 Å². The van der Waals surface area contributed by atoms with Gasteiger partial charge >= 0.3 is 0 Å². The second-order valence-corrected chi connectivity index (χ2v) is 7.19.